The van der Waals surface area contributed by atoms with E-state index in [2.05, 4.69) is 4.98 Å². The molecule has 0 unspecified atom stereocenters. The number of rotatable bonds is 5. The molecular formula is C25H22F6N2O3S2. The van der Waals surface area contributed by atoms with Crippen molar-refractivity contribution in [1.29, 1.82) is 0 Å². The summed E-state index contributed by atoms with van der Waals surface area (Å²) in [4.78, 5) is 5.10. The lowest BCUT2D eigenvalue weighted by Crippen LogP contribution is -2.44. The molecule has 13 heteroatoms. The van der Waals surface area contributed by atoms with Gasteiger partial charge in [0.05, 0.1) is 12.5 Å². The Kier molecular flexibility index (Phi) is 7.20. The van der Waals surface area contributed by atoms with E-state index in [1.165, 1.54) is 12.3 Å². The van der Waals surface area contributed by atoms with Crippen LogP contribution in [-0.2, 0) is 15.6 Å². The number of fused-ring (bicyclic) bond motifs is 1. The number of alkyl halides is 3. The first-order chi connectivity index (χ1) is 17.9. The third-order valence-electron chi connectivity index (χ3n) is 7.04. The number of halogens is 6. The summed E-state index contributed by atoms with van der Waals surface area (Å²) >= 11 is 1.12. The van der Waals surface area contributed by atoms with E-state index >= 15 is 4.39 Å². The van der Waals surface area contributed by atoms with Gasteiger partial charge in [0.25, 0.3) is 0 Å². The summed E-state index contributed by atoms with van der Waals surface area (Å²) in [5, 5.41) is 1.90. The Balaban J connectivity index is 1.51. The molecule has 204 valence electrons. The monoisotopic (exact) mass is 576 g/mol. The molecule has 2 aliphatic rings. The van der Waals surface area contributed by atoms with Gasteiger partial charge in [0, 0.05) is 41.7 Å². The van der Waals surface area contributed by atoms with Crippen LogP contribution in [0.15, 0.2) is 46.8 Å². The standard InChI is InChI=1S/C25H22F6N2O3S2/c26-17-2-1-14(9-18(17)27)21-10-15(25(29,30)31)3-6-33(21)20-4-7-36-22-12-23(19(28)11-16(20)22)38(34,35)13-24-32-5-8-37-24/h1-2,5,8-9,11-12,15,20-21H,3-4,6-7,10,13H2/t15-,20-,21+/m1/s1. The Bertz CT molecular complexity index is 1430. The molecule has 3 atom stereocenters. The molecule has 0 spiro atoms. The number of thiazole rings is 1. The van der Waals surface area contributed by atoms with Crippen LogP contribution in [0, 0.1) is 23.4 Å². The maximum atomic E-state index is 15.3. The Labute approximate surface area is 219 Å². The van der Waals surface area contributed by atoms with Crippen LogP contribution in [0.2, 0.25) is 0 Å². The van der Waals surface area contributed by atoms with Crippen LogP contribution in [0.5, 0.6) is 5.75 Å². The van der Waals surface area contributed by atoms with E-state index in [0.29, 0.717) is 10.6 Å². The summed E-state index contributed by atoms with van der Waals surface area (Å²) in [7, 11) is -4.10. The number of aromatic nitrogens is 1. The largest absolute Gasteiger partial charge is 0.493 e. The molecule has 0 saturated carbocycles. The van der Waals surface area contributed by atoms with Crippen LogP contribution in [0.4, 0.5) is 26.3 Å². The molecule has 1 saturated heterocycles. The van der Waals surface area contributed by atoms with Crippen molar-refractivity contribution in [1.82, 2.24) is 9.88 Å². The SMILES string of the molecule is O=S(=O)(Cc1nccs1)c1cc2c(cc1F)[C@H](N1CC[C@@H](C(F)(F)F)C[C@H]1c1ccc(F)c(F)c1)CCO2. The molecule has 0 amide bonds. The molecule has 0 radical (unpaired) electrons. The number of sulfone groups is 1. The number of hydrogen-bond acceptors (Lipinski definition) is 6. The van der Waals surface area contributed by atoms with Crippen molar-refractivity contribution in [3.63, 3.8) is 0 Å². The van der Waals surface area contributed by atoms with Crippen LogP contribution < -0.4 is 4.74 Å². The van der Waals surface area contributed by atoms with Gasteiger partial charge in [0.15, 0.2) is 21.5 Å². The smallest absolute Gasteiger partial charge is 0.391 e. The number of nitrogens with zero attached hydrogens (tertiary/aromatic N) is 2. The summed E-state index contributed by atoms with van der Waals surface area (Å²) in [6.07, 6.45) is -3.35. The fourth-order valence-corrected chi connectivity index (χ4v) is 7.56. The van der Waals surface area contributed by atoms with Gasteiger partial charge in [0.1, 0.15) is 27.2 Å². The van der Waals surface area contributed by atoms with E-state index in [0.717, 1.165) is 35.6 Å². The Hall–Kier alpha value is -2.64. The zero-order chi connectivity index (χ0) is 27.2. The van der Waals surface area contributed by atoms with Crippen LogP contribution in [0.3, 0.4) is 0 Å². The van der Waals surface area contributed by atoms with Gasteiger partial charge < -0.3 is 4.74 Å². The van der Waals surface area contributed by atoms with Crippen LogP contribution in [0.25, 0.3) is 0 Å². The fraction of sp³-hybridized carbons (Fsp3) is 0.400. The molecule has 3 aromatic rings. The van der Waals surface area contributed by atoms with Crippen molar-refractivity contribution >= 4 is 21.2 Å². The maximum Gasteiger partial charge on any atom is 0.391 e. The highest BCUT2D eigenvalue weighted by atomic mass is 32.2. The third kappa shape index (κ3) is 5.28. The number of likely N-dealkylation sites (tertiary alicyclic amines) is 1. The zero-order valence-corrected chi connectivity index (χ0v) is 21.4. The summed E-state index contributed by atoms with van der Waals surface area (Å²) in [5.41, 5.74) is 0.467. The van der Waals surface area contributed by atoms with E-state index in [1.807, 2.05) is 0 Å². The minimum Gasteiger partial charge on any atom is -0.493 e. The first kappa shape index (κ1) is 26.9. The van der Waals surface area contributed by atoms with Crippen molar-refractivity contribution in [3.8, 4) is 5.75 Å². The van der Waals surface area contributed by atoms with Gasteiger partial charge in [-0.25, -0.2) is 26.6 Å². The van der Waals surface area contributed by atoms with Gasteiger partial charge in [-0.2, -0.15) is 13.2 Å². The van der Waals surface area contributed by atoms with Crippen LogP contribution in [-0.4, -0.2) is 37.6 Å². The molecule has 3 heterocycles. The fourth-order valence-electron chi connectivity index (χ4n) is 5.22. The van der Waals surface area contributed by atoms with Crippen molar-refractivity contribution < 1.29 is 39.5 Å². The molecule has 1 aromatic heterocycles. The first-order valence-electron chi connectivity index (χ1n) is 11.8. The number of piperidine rings is 1. The highest BCUT2D eigenvalue weighted by Crippen LogP contribution is 2.48. The van der Waals surface area contributed by atoms with Crippen molar-refractivity contribution in [2.75, 3.05) is 13.2 Å². The second-order valence-electron chi connectivity index (χ2n) is 9.35. The molecule has 5 rings (SSSR count). The summed E-state index contributed by atoms with van der Waals surface area (Å²) in [5.74, 6) is -5.33. The van der Waals surface area contributed by atoms with Gasteiger partial charge in [-0.05, 0) is 43.1 Å². The second-order valence-corrected chi connectivity index (χ2v) is 12.3. The molecule has 0 N–H and O–H groups in total. The van der Waals surface area contributed by atoms with Gasteiger partial charge in [-0.15, -0.1) is 11.3 Å². The second kappa shape index (κ2) is 10.2. The lowest BCUT2D eigenvalue weighted by molar-refractivity contribution is -0.192. The zero-order valence-electron chi connectivity index (χ0n) is 19.7. The Morgan fingerprint density at radius 2 is 1.82 bits per heavy atom. The van der Waals surface area contributed by atoms with Gasteiger partial charge in [0.2, 0.25) is 0 Å². The van der Waals surface area contributed by atoms with Gasteiger partial charge in [-0.3, -0.25) is 4.90 Å². The average Bonchev–Trinajstić information content (AvgIpc) is 3.36. The van der Waals surface area contributed by atoms with Crippen LogP contribution >= 0.6 is 11.3 Å². The quantitative estimate of drug-likeness (QED) is 0.330. The lowest BCUT2D eigenvalue weighted by Gasteiger charge is -2.46. The molecular weight excluding hydrogens is 554 g/mol. The van der Waals surface area contributed by atoms with Gasteiger partial charge >= 0.3 is 6.18 Å². The minimum absolute atomic E-state index is 0.0380. The van der Waals surface area contributed by atoms with E-state index in [-0.39, 0.29) is 43.7 Å². The highest BCUT2D eigenvalue weighted by molar-refractivity contribution is 7.90. The van der Waals surface area contributed by atoms with E-state index in [9.17, 15) is 30.4 Å². The highest BCUT2D eigenvalue weighted by Gasteiger charge is 2.47. The predicted octanol–water partition coefficient (Wildman–Crippen LogP) is 6.37. The van der Waals surface area contributed by atoms with E-state index in [4.69, 9.17) is 4.74 Å². The van der Waals surface area contributed by atoms with Crippen LogP contribution in [0.1, 0.15) is 47.5 Å². The minimum atomic E-state index is -4.47. The maximum absolute atomic E-state index is 15.3. The molecule has 0 bridgehead atoms. The summed E-state index contributed by atoms with van der Waals surface area (Å²) < 4.78 is 115. The summed E-state index contributed by atoms with van der Waals surface area (Å²) in [6.45, 7) is 0.0721. The molecule has 0 aliphatic carbocycles. The van der Waals surface area contributed by atoms with E-state index in [1.54, 1.807) is 10.3 Å². The first-order valence-corrected chi connectivity index (χ1v) is 14.3. The van der Waals surface area contributed by atoms with Crippen molar-refractivity contribution in [3.05, 3.63) is 75.5 Å². The number of ether oxygens (including phenoxy) is 1. The molecule has 5 nitrogen and oxygen atoms in total. The molecule has 1 fully saturated rings. The number of hydrogen-bond donors (Lipinski definition) is 0. The lowest BCUT2D eigenvalue weighted by atomic mass is 9.84. The Morgan fingerprint density at radius 1 is 1.03 bits per heavy atom. The van der Waals surface area contributed by atoms with Gasteiger partial charge in [-0.1, -0.05) is 6.07 Å². The number of benzene rings is 2. The predicted molar refractivity (Wildman–Crippen MR) is 127 cm³/mol. The van der Waals surface area contributed by atoms with Crippen molar-refractivity contribution in [2.45, 2.75) is 48.2 Å². The summed E-state index contributed by atoms with van der Waals surface area (Å²) in [6, 6.07) is 3.61. The molecule has 38 heavy (non-hydrogen) atoms. The van der Waals surface area contributed by atoms with E-state index < -0.39 is 62.1 Å². The Morgan fingerprint density at radius 3 is 2.50 bits per heavy atom. The normalized spacial score (nSPS) is 22.6. The third-order valence-corrected chi connectivity index (χ3v) is 9.64. The van der Waals surface area contributed by atoms with Crippen molar-refractivity contribution in [2.24, 2.45) is 5.92 Å². The molecule has 2 aromatic carbocycles. The molecule has 2 aliphatic heterocycles. The topological polar surface area (TPSA) is 59.5 Å². The average molecular weight is 577 g/mol.